The van der Waals surface area contributed by atoms with E-state index in [0.29, 0.717) is 22.8 Å². The summed E-state index contributed by atoms with van der Waals surface area (Å²) in [5, 5.41) is 12.3. The Labute approximate surface area is 147 Å². The third-order valence-electron chi connectivity index (χ3n) is 3.78. The van der Waals surface area contributed by atoms with Gasteiger partial charge in [0.25, 0.3) is 5.91 Å². The molecule has 24 heavy (non-hydrogen) atoms. The second-order valence-corrected chi connectivity index (χ2v) is 6.27. The summed E-state index contributed by atoms with van der Waals surface area (Å²) in [5.41, 5.74) is 3.35. The topological polar surface area (TPSA) is 57.3 Å². The first-order chi connectivity index (χ1) is 11.5. The molecule has 5 heteroatoms. The Balaban J connectivity index is 1.94. The normalized spacial score (nSPS) is 11.6. The standard InChI is InChI=1S/C19H20ClN3O/c1-3-14-4-6-15(7-5-14)12-23(2)13-19(24)22-18-10-17(20)9-8-16(18)11-21/h4-10H,3,12-13H2,1-2H3,(H,22,24)/p+1. The van der Waals surface area contributed by atoms with Gasteiger partial charge in [0, 0.05) is 10.6 Å². The molecule has 124 valence electrons. The van der Waals surface area contributed by atoms with E-state index in [1.54, 1.807) is 18.2 Å². The first-order valence-electron chi connectivity index (χ1n) is 7.90. The third-order valence-corrected chi connectivity index (χ3v) is 4.01. The number of anilines is 1. The van der Waals surface area contributed by atoms with Crippen LogP contribution in [0.25, 0.3) is 0 Å². The SMILES string of the molecule is CCc1ccc(C[NH+](C)CC(=O)Nc2cc(Cl)ccc2C#N)cc1. The van der Waals surface area contributed by atoms with E-state index in [1.807, 2.05) is 7.05 Å². The molecule has 2 rings (SSSR count). The summed E-state index contributed by atoms with van der Waals surface area (Å²) in [5.74, 6) is -0.142. The number of carbonyl (C=O) groups excluding carboxylic acids is 1. The molecule has 4 nitrogen and oxygen atoms in total. The van der Waals surface area contributed by atoms with E-state index in [9.17, 15) is 4.79 Å². The highest BCUT2D eigenvalue weighted by atomic mass is 35.5. The molecule has 0 saturated heterocycles. The summed E-state index contributed by atoms with van der Waals surface area (Å²) in [7, 11) is 1.97. The number of halogens is 1. The van der Waals surface area contributed by atoms with Gasteiger partial charge in [-0.3, -0.25) is 4.79 Å². The number of nitrogens with zero attached hydrogens (tertiary/aromatic N) is 1. The van der Waals surface area contributed by atoms with Crippen LogP contribution in [0.15, 0.2) is 42.5 Å². The zero-order chi connectivity index (χ0) is 17.5. The van der Waals surface area contributed by atoms with Crippen LogP contribution in [-0.4, -0.2) is 19.5 Å². The van der Waals surface area contributed by atoms with Crippen molar-refractivity contribution in [2.45, 2.75) is 19.9 Å². The number of carbonyl (C=O) groups is 1. The molecule has 2 aromatic carbocycles. The van der Waals surface area contributed by atoms with E-state index >= 15 is 0 Å². The molecular formula is C19H21ClN3O+. The predicted molar refractivity (Wildman–Crippen MR) is 96.1 cm³/mol. The average molecular weight is 343 g/mol. The Hall–Kier alpha value is -2.35. The molecule has 0 aliphatic carbocycles. The number of hydrogen-bond donors (Lipinski definition) is 2. The van der Waals surface area contributed by atoms with Crippen molar-refractivity contribution >= 4 is 23.2 Å². The Bertz CT molecular complexity index is 750. The van der Waals surface area contributed by atoms with Gasteiger partial charge in [0.15, 0.2) is 6.54 Å². The molecule has 0 aliphatic heterocycles. The number of rotatable bonds is 6. The lowest BCUT2D eigenvalue weighted by atomic mass is 10.1. The van der Waals surface area contributed by atoms with Crippen molar-refractivity contribution in [3.05, 3.63) is 64.2 Å². The molecule has 0 saturated carbocycles. The van der Waals surface area contributed by atoms with Crippen molar-refractivity contribution in [2.75, 3.05) is 18.9 Å². The monoisotopic (exact) mass is 342 g/mol. The van der Waals surface area contributed by atoms with Crippen LogP contribution >= 0.6 is 11.6 Å². The third kappa shape index (κ3) is 5.09. The molecule has 2 aromatic rings. The number of nitrogens with one attached hydrogen (secondary N) is 2. The van der Waals surface area contributed by atoms with Gasteiger partial charge < -0.3 is 10.2 Å². The van der Waals surface area contributed by atoms with Gasteiger partial charge in [0.1, 0.15) is 12.6 Å². The van der Waals surface area contributed by atoms with Crippen molar-refractivity contribution in [1.82, 2.24) is 0 Å². The molecule has 0 radical (unpaired) electrons. The lowest BCUT2D eigenvalue weighted by molar-refractivity contribution is -0.885. The van der Waals surface area contributed by atoms with Crippen molar-refractivity contribution in [1.29, 1.82) is 5.26 Å². The van der Waals surface area contributed by atoms with Gasteiger partial charge in [-0.2, -0.15) is 5.26 Å². The summed E-state index contributed by atoms with van der Waals surface area (Å²) < 4.78 is 0. The lowest BCUT2D eigenvalue weighted by Crippen LogP contribution is -3.08. The second kappa shape index (κ2) is 8.49. The van der Waals surface area contributed by atoms with Crippen LogP contribution in [0.2, 0.25) is 5.02 Å². The Kier molecular flexibility index (Phi) is 6.36. The Morgan fingerprint density at radius 2 is 1.88 bits per heavy atom. The average Bonchev–Trinajstić information content (AvgIpc) is 2.55. The number of hydrogen-bond acceptors (Lipinski definition) is 2. The first-order valence-corrected chi connectivity index (χ1v) is 8.28. The van der Waals surface area contributed by atoms with Gasteiger partial charge in [0.2, 0.25) is 0 Å². The summed E-state index contributed by atoms with van der Waals surface area (Å²) in [6.45, 7) is 3.20. The molecule has 0 spiro atoms. The van der Waals surface area contributed by atoms with Gasteiger partial charge in [-0.05, 0) is 30.2 Å². The number of benzene rings is 2. The first kappa shape index (κ1) is 18.0. The van der Waals surface area contributed by atoms with Crippen LogP contribution in [-0.2, 0) is 17.8 Å². The maximum Gasteiger partial charge on any atom is 0.279 e. The van der Waals surface area contributed by atoms with Crippen LogP contribution in [0.3, 0.4) is 0 Å². The minimum Gasteiger partial charge on any atom is -0.326 e. The van der Waals surface area contributed by atoms with Crippen LogP contribution in [0.1, 0.15) is 23.6 Å². The van der Waals surface area contributed by atoms with E-state index in [0.717, 1.165) is 17.9 Å². The minimum absolute atomic E-state index is 0.142. The van der Waals surface area contributed by atoms with Gasteiger partial charge in [-0.15, -0.1) is 0 Å². The van der Waals surface area contributed by atoms with Crippen LogP contribution in [0.4, 0.5) is 5.69 Å². The lowest BCUT2D eigenvalue weighted by Gasteiger charge is -2.14. The van der Waals surface area contributed by atoms with Crippen molar-refractivity contribution in [2.24, 2.45) is 0 Å². The number of amides is 1. The van der Waals surface area contributed by atoms with E-state index in [4.69, 9.17) is 16.9 Å². The van der Waals surface area contributed by atoms with Crippen LogP contribution < -0.4 is 10.2 Å². The zero-order valence-corrected chi connectivity index (χ0v) is 14.7. The fourth-order valence-corrected chi connectivity index (χ4v) is 2.66. The summed E-state index contributed by atoms with van der Waals surface area (Å²) >= 11 is 5.93. The Morgan fingerprint density at radius 1 is 1.21 bits per heavy atom. The molecule has 0 heterocycles. The van der Waals surface area contributed by atoms with Gasteiger partial charge >= 0.3 is 0 Å². The number of nitriles is 1. The highest BCUT2D eigenvalue weighted by Crippen LogP contribution is 2.20. The van der Waals surface area contributed by atoms with Crippen LogP contribution in [0, 0.1) is 11.3 Å². The Morgan fingerprint density at radius 3 is 2.50 bits per heavy atom. The molecule has 0 fully saturated rings. The smallest absolute Gasteiger partial charge is 0.279 e. The van der Waals surface area contributed by atoms with E-state index in [1.165, 1.54) is 11.1 Å². The molecule has 0 aromatic heterocycles. The number of quaternary nitrogens is 1. The maximum atomic E-state index is 12.2. The summed E-state index contributed by atoms with van der Waals surface area (Å²) in [6.07, 6.45) is 1.02. The molecular weight excluding hydrogens is 322 g/mol. The van der Waals surface area contributed by atoms with E-state index in [2.05, 4.69) is 42.6 Å². The van der Waals surface area contributed by atoms with Gasteiger partial charge in [-0.25, -0.2) is 0 Å². The van der Waals surface area contributed by atoms with E-state index < -0.39 is 0 Å². The predicted octanol–water partition coefficient (Wildman–Crippen LogP) is 2.43. The number of aryl methyl sites for hydroxylation is 1. The molecule has 0 bridgehead atoms. The van der Waals surface area contributed by atoms with Crippen molar-refractivity contribution in [3.8, 4) is 6.07 Å². The fourth-order valence-electron chi connectivity index (χ4n) is 2.49. The van der Waals surface area contributed by atoms with Crippen LogP contribution in [0.5, 0.6) is 0 Å². The van der Waals surface area contributed by atoms with Gasteiger partial charge in [-0.1, -0.05) is 42.8 Å². The molecule has 1 atom stereocenters. The van der Waals surface area contributed by atoms with E-state index in [-0.39, 0.29) is 5.91 Å². The number of likely N-dealkylation sites (N-methyl/N-ethyl adjacent to an activating group) is 1. The summed E-state index contributed by atoms with van der Waals surface area (Å²) in [4.78, 5) is 13.3. The van der Waals surface area contributed by atoms with Crippen molar-refractivity contribution in [3.63, 3.8) is 0 Å². The molecule has 1 amide bonds. The highest BCUT2D eigenvalue weighted by molar-refractivity contribution is 6.31. The van der Waals surface area contributed by atoms with Crippen molar-refractivity contribution < 1.29 is 9.69 Å². The fraction of sp³-hybridized carbons (Fsp3) is 0.263. The molecule has 0 aliphatic rings. The second-order valence-electron chi connectivity index (χ2n) is 5.83. The minimum atomic E-state index is -0.142. The molecule has 1 unspecified atom stereocenters. The highest BCUT2D eigenvalue weighted by Gasteiger charge is 2.13. The zero-order valence-electron chi connectivity index (χ0n) is 13.9. The summed E-state index contributed by atoms with van der Waals surface area (Å²) in [6, 6.07) is 15.3. The largest absolute Gasteiger partial charge is 0.326 e. The quantitative estimate of drug-likeness (QED) is 0.847. The maximum absolute atomic E-state index is 12.2. The van der Waals surface area contributed by atoms with Gasteiger partial charge in [0.05, 0.1) is 18.3 Å². The molecule has 2 N–H and O–H groups in total.